The summed E-state index contributed by atoms with van der Waals surface area (Å²) in [5.41, 5.74) is 1.24. The van der Waals surface area contributed by atoms with E-state index in [0.29, 0.717) is 0 Å². The van der Waals surface area contributed by atoms with Gasteiger partial charge in [0.15, 0.2) is 0 Å². The maximum Gasteiger partial charge on any atom is 0.133 e. The molecule has 0 amide bonds. The van der Waals surface area contributed by atoms with Crippen molar-refractivity contribution in [2.75, 3.05) is 33.4 Å². The van der Waals surface area contributed by atoms with E-state index in [1.54, 1.807) is 7.11 Å². The quantitative estimate of drug-likeness (QED) is 0.669. The maximum atomic E-state index is 5.76. The van der Waals surface area contributed by atoms with Crippen molar-refractivity contribution in [2.45, 2.75) is 26.2 Å². The van der Waals surface area contributed by atoms with E-state index in [2.05, 4.69) is 40.3 Å². The number of benzene rings is 1. The van der Waals surface area contributed by atoms with Gasteiger partial charge in [0.1, 0.15) is 5.75 Å². The normalized spacial score (nSPS) is 10.7. The molecule has 0 atom stereocenters. The lowest BCUT2D eigenvalue weighted by Gasteiger charge is -2.08. The van der Waals surface area contributed by atoms with Gasteiger partial charge in [-0.2, -0.15) is 0 Å². The van der Waals surface area contributed by atoms with Gasteiger partial charge >= 0.3 is 0 Å². The Morgan fingerprint density at radius 1 is 1.11 bits per heavy atom. The molecule has 0 aliphatic carbocycles. The van der Waals surface area contributed by atoms with Crippen molar-refractivity contribution < 1.29 is 14.8 Å². The average molecular weight is 331 g/mol. The van der Waals surface area contributed by atoms with Crippen molar-refractivity contribution in [3.8, 4) is 5.75 Å². The van der Waals surface area contributed by atoms with E-state index in [9.17, 15) is 0 Å². The largest absolute Gasteiger partial charge is 0.492 e. The molecule has 1 rings (SSSR count). The Kier molecular flexibility index (Phi) is 8.88. The topological polar surface area (TPSA) is 35.1 Å². The van der Waals surface area contributed by atoms with E-state index in [0.717, 1.165) is 42.8 Å². The van der Waals surface area contributed by atoms with Crippen LogP contribution in [-0.4, -0.2) is 33.4 Å². The number of halogens is 1. The second-order valence-electron chi connectivity index (χ2n) is 4.70. The molecule has 108 valence electrons. The summed E-state index contributed by atoms with van der Waals surface area (Å²) in [6.45, 7) is 6.04. The third-order valence-corrected chi connectivity index (χ3v) is 3.52. The summed E-state index contributed by atoms with van der Waals surface area (Å²) in [5.74, 6) is 0.940. The number of quaternary nitrogens is 1. The first kappa shape index (κ1) is 16.5. The summed E-state index contributed by atoms with van der Waals surface area (Å²) in [6.07, 6.45) is 3.42. The van der Waals surface area contributed by atoms with Crippen LogP contribution in [0.3, 0.4) is 0 Å². The number of unbranched alkanes of at least 4 members (excludes halogenated alkanes) is 1. The zero-order chi connectivity index (χ0) is 13.9. The van der Waals surface area contributed by atoms with E-state index in [-0.39, 0.29) is 0 Å². The number of nitrogens with two attached hydrogens (primary N) is 1. The van der Waals surface area contributed by atoms with Gasteiger partial charge in [0.25, 0.3) is 0 Å². The second kappa shape index (κ2) is 10.2. The lowest BCUT2D eigenvalue weighted by molar-refractivity contribution is -0.655. The Bertz CT molecular complexity index is 358. The fourth-order valence-corrected chi connectivity index (χ4v) is 2.42. The molecule has 0 spiro atoms. The van der Waals surface area contributed by atoms with Crippen LogP contribution in [0.2, 0.25) is 0 Å². The molecule has 1 aromatic carbocycles. The molecule has 2 N–H and O–H groups in total. The number of hydrogen-bond donors (Lipinski definition) is 1. The minimum absolute atomic E-state index is 0.785. The summed E-state index contributed by atoms with van der Waals surface area (Å²) in [6, 6.07) is 6.18. The lowest BCUT2D eigenvalue weighted by Crippen LogP contribution is -2.84. The fourth-order valence-electron chi connectivity index (χ4n) is 1.81. The summed E-state index contributed by atoms with van der Waals surface area (Å²) in [4.78, 5) is 0. The third-order valence-electron chi connectivity index (χ3n) is 2.90. The smallest absolute Gasteiger partial charge is 0.133 e. The van der Waals surface area contributed by atoms with E-state index in [1.807, 2.05) is 6.07 Å². The van der Waals surface area contributed by atoms with Gasteiger partial charge in [-0.25, -0.2) is 0 Å². The zero-order valence-electron chi connectivity index (χ0n) is 12.0. The standard InChI is InChI=1S/C15H24BrNO2/c1-13-6-7-15(14(16)12-13)19-11-4-3-8-17-9-5-10-18-2/h6-7,12,17H,3-5,8-11H2,1-2H3/p+1. The van der Waals surface area contributed by atoms with Gasteiger partial charge in [-0.3, -0.25) is 0 Å². The van der Waals surface area contributed by atoms with Crippen molar-refractivity contribution in [3.63, 3.8) is 0 Å². The molecule has 0 aliphatic heterocycles. The van der Waals surface area contributed by atoms with Crippen LogP contribution in [0.5, 0.6) is 5.75 Å². The summed E-state index contributed by atoms with van der Waals surface area (Å²) >= 11 is 3.52. The van der Waals surface area contributed by atoms with Crippen LogP contribution in [0, 0.1) is 6.92 Å². The summed E-state index contributed by atoms with van der Waals surface area (Å²) in [7, 11) is 1.75. The molecule has 0 fully saturated rings. The Morgan fingerprint density at radius 2 is 1.89 bits per heavy atom. The molecular formula is C15H25BrNO2+. The second-order valence-corrected chi connectivity index (χ2v) is 5.56. The Morgan fingerprint density at radius 3 is 2.63 bits per heavy atom. The van der Waals surface area contributed by atoms with Crippen LogP contribution in [0.15, 0.2) is 22.7 Å². The predicted molar refractivity (Wildman–Crippen MR) is 81.8 cm³/mol. The number of ether oxygens (including phenoxy) is 2. The fraction of sp³-hybridized carbons (Fsp3) is 0.600. The number of methoxy groups -OCH3 is 1. The minimum Gasteiger partial charge on any atom is -0.492 e. The first-order valence-corrected chi connectivity index (χ1v) is 7.73. The SMILES string of the molecule is COCCC[NH2+]CCCCOc1ccc(C)cc1Br. The van der Waals surface area contributed by atoms with Gasteiger partial charge in [-0.1, -0.05) is 6.07 Å². The molecule has 1 aromatic rings. The highest BCUT2D eigenvalue weighted by molar-refractivity contribution is 9.10. The Balaban J connectivity index is 2.01. The van der Waals surface area contributed by atoms with Gasteiger partial charge in [0.05, 0.1) is 30.8 Å². The number of hydrogen-bond acceptors (Lipinski definition) is 2. The molecule has 3 nitrogen and oxygen atoms in total. The van der Waals surface area contributed by atoms with Crippen LogP contribution < -0.4 is 10.1 Å². The van der Waals surface area contributed by atoms with Gasteiger partial charge in [-0.15, -0.1) is 0 Å². The molecule has 0 radical (unpaired) electrons. The summed E-state index contributed by atoms with van der Waals surface area (Å²) in [5, 5.41) is 2.35. The predicted octanol–water partition coefficient (Wildman–Crippen LogP) is 2.52. The van der Waals surface area contributed by atoms with Crippen molar-refractivity contribution in [1.29, 1.82) is 0 Å². The number of aryl methyl sites for hydroxylation is 1. The minimum atomic E-state index is 0.785. The van der Waals surface area contributed by atoms with Gasteiger partial charge in [-0.05, 0) is 53.4 Å². The highest BCUT2D eigenvalue weighted by Crippen LogP contribution is 2.25. The van der Waals surface area contributed by atoms with E-state index in [1.165, 1.54) is 18.5 Å². The molecule has 0 saturated carbocycles. The molecule has 4 heteroatoms. The molecule has 0 aliphatic rings. The first-order chi connectivity index (χ1) is 9.24. The van der Waals surface area contributed by atoms with Gasteiger partial charge in [0.2, 0.25) is 0 Å². The average Bonchev–Trinajstić information content (AvgIpc) is 2.39. The molecule has 0 aromatic heterocycles. The molecule has 0 unspecified atom stereocenters. The number of rotatable bonds is 10. The van der Waals surface area contributed by atoms with Crippen molar-refractivity contribution in [2.24, 2.45) is 0 Å². The third kappa shape index (κ3) is 7.55. The monoisotopic (exact) mass is 330 g/mol. The Labute approximate surface area is 124 Å². The van der Waals surface area contributed by atoms with Crippen molar-refractivity contribution in [1.82, 2.24) is 0 Å². The van der Waals surface area contributed by atoms with E-state index in [4.69, 9.17) is 9.47 Å². The Hall–Kier alpha value is -0.580. The van der Waals surface area contributed by atoms with E-state index < -0.39 is 0 Å². The molecule has 19 heavy (non-hydrogen) atoms. The highest BCUT2D eigenvalue weighted by Gasteiger charge is 2.00. The summed E-state index contributed by atoms with van der Waals surface area (Å²) < 4.78 is 11.8. The molecular weight excluding hydrogens is 306 g/mol. The zero-order valence-corrected chi connectivity index (χ0v) is 13.5. The molecule has 0 bridgehead atoms. The van der Waals surface area contributed by atoms with Crippen LogP contribution in [0.25, 0.3) is 0 Å². The van der Waals surface area contributed by atoms with Crippen molar-refractivity contribution in [3.05, 3.63) is 28.2 Å². The van der Waals surface area contributed by atoms with Gasteiger partial charge < -0.3 is 14.8 Å². The van der Waals surface area contributed by atoms with Crippen LogP contribution in [-0.2, 0) is 4.74 Å². The molecule has 0 heterocycles. The van der Waals surface area contributed by atoms with E-state index >= 15 is 0 Å². The van der Waals surface area contributed by atoms with Gasteiger partial charge in [0, 0.05) is 13.5 Å². The van der Waals surface area contributed by atoms with Crippen LogP contribution >= 0.6 is 15.9 Å². The first-order valence-electron chi connectivity index (χ1n) is 6.93. The van der Waals surface area contributed by atoms with Crippen molar-refractivity contribution >= 4 is 15.9 Å². The lowest BCUT2D eigenvalue weighted by atomic mass is 10.2. The molecule has 0 saturated heterocycles. The van der Waals surface area contributed by atoms with Crippen LogP contribution in [0.4, 0.5) is 0 Å². The van der Waals surface area contributed by atoms with Crippen LogP contribution in [0.1, 0.15) is 24.8 Å². The highest BCUT2D eigenvalue weighted by atomic mass is 79.9. The maximum absolute atomic E-state index is 5.76.